The Hall–Kier alpha value is -0.640. The van der Waals surface area contributed by atoms with Gasteiger partial charge in [0.2, 0.25) is 0 Å². The number of carbonyl (C=O) groups excluding carboxylic acids is 1. The van der Waals surface area contributed by atoms with E-state index in [-0.39, 0.29) is 5.60 Å². The number of amides is 1. The fraction of sp³-hybridized carbons (Fsp3) is 0.588. The van der Waals surface area contributed by atoms with Crippen molar-refractivity contribution < 1.29 is 9.53 Å². The number of hydrogen-bond acceptors (Lipinski definition) is 2. The largest absolute Gasteiger partial charge is 0.443 e. The molecule has 0 radical (unpaired) electrons. The average Bonchev–Trinajstić information content (AvgIpc) is 2.40. The number of hydrogen-bond donors (Lipinski definition) is 1. The van der Waals surface area contributed by atoms with Crippen LogP contribution >= 0.6 is 34.8 Å². The van der Waals surface area contributed by atoms with Crippen molar-refractivity contribution in [1.82, 2.24) is 0 Å². The van der Waals surface area contributed by atoms with Gasteiger partial charge in [0.25, 0.3) is 0 Å². The molecule has 0 atom stereocenters. The van der Waals surface area contributed by atoms with Crippen molar-refractivity contribution in [3.63, 3.8) is 0 Å². The molecule has 4 saturated carbocycles. The van der Waals surface area contributed by atoms with Gasteiger partial charge >= 0.3 is 6.09 Å². The number of benzene rings is 1. The highest BCUT2D eigenvalue weighted by molar-refractivity contribution is 6.42. The summed E-state index contributed by atoms with van der Waals surface area (Å²) in [6.45, 7) is 0. The third-order valence-electron chi connectivity index (χ3n) is 5.53. The topological polar surface area (TPSA) is 38.3 Å². The molecule has 1 aromatic carbocycles. The van der Waals surface area contributed by atoms with Gasteiger partial charge in [-0.2, -0.15) is 0 Å². The number of ether oxygens (including phenoxy) is 1. The predicted octanol–water partition coefficient (Wildman–Crippen LogP) is 6.16. The van der Waals surface area contributed by atoms with Crippen LogP contribution in [0.25, 0.3) is 0 Å². The Balaban J connectivity index is 1.49. The molecule has 1 amide bonds. The number of halogens is 3. The zero-order valence-electron chi connectivity index (χ0n) is 12.6. The van der Waals surface area contributed by atoms with E-state index in [1.807, 2.05) is 0 Å². The number of nitrogens with one attached hydrogen (secondary N) is 1. The van der Waals surface area contributed by atoms with Crippen molar-refractivity contribution in [2.24, 2.45) is 17.8 Å². The molecule has 23 heavy (non-hydrogen) atoms. The third-order valence-corrected chi connectivity index (χ3v) is 6.34. The number of anilines is 1. The van der Waals surface area contributed by atoms with E-state index in [1.165, 1.54) is 19.3 Å². The lowest BCUT2D eigenvalue weighted by atomic mass is 9.54. The van der Waals surface area contributed by atoms with Crippen LogP contribution in [-0.2, 0) is 4.74 Å². The Kier molecular flexibility index (Phi) is 3.94. The molecule has 4 aliphatic carbocycles. The second-order valence-corrected chi connectivity index (χ2v) is 8.61. The first-order valence-electron chi connectivity index (χ1n) is 8.07. The summed E-state index contributed by atoms with van der Waals surface area (Å²) in [5, 5.41) is 3.75. The summed E-state index contributed by atoms with van der Waals surface area (Å²) in [6.07, 6.45) is 6.42. The van der Waals surface area contributed by atoms with Crippen molar-refractivity contribution in [3.05, 3.63) is 27.2 Å². The normalized spacial score (nSPS) is 34.5. The molecule has 4 bridgehead atoms. The first-order valence-corrected chi connectivity index (χ1v) is 9.20. The van der Waals surface area contributed by atoms with E-state index in [4.69, 9.17) is 39.5 Å². The summed E-state index contributed by atoms with van der Waals surface area (Å²) in [5.74, 6) is 2.16. The minimum absolute atomic E-state index is 0.287. The molecule has 4 fully saturated rings. The molecular formula is C17H18Cl3NO2. The van der Waals surface area contributed by atoms with Crippen molar-refractivity contribution >= 4 is 46.6 Å². The van der Waals surface area contributed by atoms with Crippen molar-refractivity contribution in [2.45, 2.75) is 44.1 Å². The van der Waals surface area contributed by atoms with E-state index >= 15 is 0 Å². The summed E-state index contributed by atoms with van der Waals surface area (Å²) < 4.78 is 5.89. The van der Waals surface area contributed by atoms with E-state index in [1.54, 1.807) is 12.1 Å². The van der Waals surface area contributed by atoms with Crippen LogP contribution in [0.5, 0.6) is 0 Å². The van der Waals surface area contributed by atoms with Crippen LogP contribution in [0.15, 0.2) is 12.1 Å². The van der Waals surface area contributed by atoms with Gasteiger partial charge in [-0.05, 0) is 68.4 Å². The summed E-state index contributed by atoms with van der Waals surface area (Å²) in [6, 6.07) is 3.10. The first-order chi connectivity index (χ1) is 10.9. The molecule has 0 aliphatic heterocycles. The van der Waals surface area contributed by atoms with E-state index in [9.17, 15) is 4.79 Å². The quantitative estimate of drug-likeness (QED) is 0.672. The zero-order valence-corrected chi connectivity index (χ0v) is 14.8. The van der Waals surface area contributed by atoms with Crippen LogP contribution in [0.1, 0.15) is 38.5 Å². The summed E-state index contributed by atoms with van der Waals surface area (Å²) >= 11 is 18.1. The molecule has 0 unspecified atom stereocenters. The van der Waals surface area contributed by atoms with Gasteiger partial charge in [0.05, 0.1) is 15.7 Å². The molecule has 5 rings (SSSR count). The van der Waals surface area contributed by atoms with Crippen molar-refractivity contribution in [2.75, 3.05) is 5.32 Å². The van der Waals surface area contributed by atoms with Gasteiger partial charge in [-0.1, -0.05) is 34.8 Å². The third kappa shape index (κ3) is 3.04. The minimum atomic E-state index is -0.474. The SMILES string of the molecule is O=C(Nc1c(Cl)cc(Cl)cc1Cl)OC12CC3CC(CC(C3)C1)C2. The second-order valence-electron chi connectivity index (χ2n) is 7.36. The van der Waals surface area contributed by atoms with Crippen molar-refractivity contribution in [1.29, 1.82) is 0 Å². The van der Waals surface area contributed by atoms with E-state index < -0.39 is 6.09 Å². The molecule has 0 aromatic heterocycles. The standard InChI is InChI=1S/C17H18Cl3NO2/c18-12-4-13(19)15(14(20)5-12)21-16(22)23-17-6-9-1-10(7-17)3-11(2-9)8-17/h4-5,9-11H,1-3,6-8H2,(H,21,22). The Morgan fingerprint density at radius 2 is 1.48 bits per heavy atom. The Bertz CT molecular complexity index is 603. The summed E-state index contributed by atoms with van der Waals surface area (Å²) in [4.78, 5) is 12.4. The lowest BCUT2D eigenvalue weighted by Crippen LogP contribution is -2.53. The molecule has 0 saturated heterocycles. The van der Waals surface area contributed by atoms with Gasteiger partial charge in [-0.15, -0.1) is 0 Å². The van der Waals surface area contributed by atoms with Crippen molar-refractivity contribution in [3.8, 4) is 0 Å². The van der Waals surface area contributed by atoms with Gasteiger partial charge in [-0.3, -0.25) is 5.32 Å². The van der Waals surface area contributed by atoms with E-state index in [0.717, 1.165) is 37.0 Å². The zero-order chi connectivity index (χ0) is 16.2. The Morgan fingerprint density at radius 3 is 1.96 bits per heavy atom. The van der Waals surface area contributed by atoms with Crippen LogP contribution in [0, 0.1) is 17.8 Å². The van der Waals surface area contributed by atoms with Gasteiger partial charge in [0.15, 0.2) is 0 Å². The summed E-state index contributed by atoms with van der Waals surface area (Å²) in [5.41, 5.74) is 0.0666. The van der Waals surface area contributed by atoms with Crippen LogP contribution in [-0.4, -0.2) is 11.7 Å². The molecule has 3 nitrogen and oxygen atoms in total. The molecular weight excluding hydrogens is 357 g/mol. The number of rotatable bonds is 2. The van der Waals surface area contributed by atoms with Crippen LogP contribution in [0.3, 0.4) is 0 Å². The molecule has 1 N–H and O–H groups in total. The smallest absolute Gasteiger partial charge is 0.412 e. The predicted molar refractivity (Wildman–Crippen MR) is 92.5 cm³/mol. The molecule has 4 aliphatic rings. The molecule has 124 valence electrons. The van der Waals surface area contributed by atoms with Gasteiger partial charge < -0.3 is 4.74 Å². The Morgan fingerprint density at radius 1 is 1.00 bits per heavy atom. The van der Waals surface area contributed by atoms with Gasteiger partial charge in [-0.25, -0.2) is 4.79 Å². The highest BCUT2D eigenvalue weighted by Crippen LogP contribution is 2.57. The monoisotopic (exact) mass is 373 g/mol. The maximum atomic E-state index is 12.4. The maximum absolute atomic E-state index is 12.4. The van der Waals surface area contributed by atoms with Crippen LogP contribution < -0.4 is 5.32 Å². The summed E-state index contributed by atoms with van der Waals surface area (Å²) in [7, 11) is 0. The van der Waals surface area contributed by atoms with E-state index in [2.05, 4.69) is 5.32 Å². The Labute approximate surface area is 150 Å². The minimum Gasteiger partial charge on any atom is -0.443 e. The van der Waals surface area contributed by atoms with Gasteiger partial charge in [0.1, 0.15) is 5.60 Å². The van der Waals surface area contributed by atoms with E-state index in [0.29, 0.717) is 20.8 Å². The highest BCUT2D eigenvalue weighted by Gasteiger charge is 2.53. The fourth-order valence-electron chi connectivity index (χ4n) is 5.14. The second kappa shape index (κ2) is 5.72. The molecule has 1 aromatic rings. The van der Waals surface area contributed by atoms with Crippen LogP contribution in [0.2, 0.25) is 15.1 Å². The maximum Gasteiger partial charge on any atom is 0.412 e. The highest BCUT2D eigenvalue weighted by atomic mass is 35.5. The number of carbonyl (C=O) groups is 1. The van der Waals surface area contributed by atoms with Crippen LogP contribution in [0.4, 0.5) is 10.5 Å². The first kappa shape index (κ1) is 15.9. The molecule has 0 heterocycles. The fourth-order valence-corrected chi connectivity index (χ4v) is 6.05. The lowest BCUT2D eigenvalue weighted by Gasteiger charge is -2.55. The average molecular weight is 375 g/mol. The molecule has 6 heteroatoms. The lowest BCUT2D eigenvalue weighted by molar-refractivity contribution is -0.124. The van der Waals surface area contributed by atoms with Gasteiger partial charge in [0, 0.05) is 5.02 Å². The molecule has 0 spiro atoms.